The van der Waals surface area contributed by atoms with Gasteiger partial charge in [-0.2, -0.15) is 4.99 Å². The summed E-state index contributed by atoms with van der Waals surface area (Å²) in [7, 11) is 0. The zero-order valence-corrected chi connectivity index (χ0v) is 6.32. The lowest BCUT2D eigenvalue weighted by molar-refractivity contribution is 0.0697. The molecule has 1 aromatic carbocycles. The molecule has 5 heteroatoms. The summed E-state index contributed by atoms with van der Waals surface area (Å²) in [4.78, 5) is 23.3. The topological polar surface area (TPSA) is 66.7 Å². The second kappa shape index (κ2) is 3.60. The number of carboxylic acids is 1. The van der Waals surface area contributed by atoms with Crippen molar-refractivity contribution in [1.82, 2.24) is 0 Å². The maximum absolute atomic E-state index is 12.9. The minimum absolute atomic E-state index is 0.358. The van der Waals surface area contributed by atoms with Crippen LogP contribution in [0.2, 0.25) is 0 Å². The van der Waals surface area contributed by atoms with E-state index in [1.807, 2.05) is 0 Å². The van der Waals surface area contributed by atoms with Gasteiger partial charge in [-0.05, 0) is 12.1 Å². The largest absolute Gasteiger partial charge is 0.478 e. The number of benzene rings is 1. The molecule has 4 nitrogen and oxygen atoms in total. The molecule has 0 radical (unpaired) electrons. The highest BCUT2D eigenvalue weighted by Gasteiger charge is 2.12. The third-order valence-electron chi connectivity index (χ3n) is 1.37. The van der Waals surface area contributed by atoms with E-state index in [1.54, 1.807) is 0 Å². The van der Waals surface area contributed by atoms with Crippen LogP contribution >= 0.6 is 0 Å². The van der Waals surface area contributed by atoms with Crippen molar-refractivity contribution in [1.29, 1.82) is 0 Å². The van der Waals surface area contributed by atoms with Gasteiger partial charge in [0.15, 0.2) is 5.82 Å². The van der Waals surface area contributed by atoms with Crippen molar-refractivity contribution < 1.29 is 19.1 Å². The van der Waals surface area contributed by atoms with Crippen molar-refractivity contribution in [3.8, 4) is 0 Å². The van der Waals surface area contributed by atoms with Crippen LogP contribution in [0.5, 0.6) is 0 Å². The van der Waals surface area contributed by atoms with E-state index in [9.17, 15) is 14.0 Å². The van der Waals surface area contributed by atoms with Gasteiger partial charge in [-0.3, -0.25) is 0 Å². The van der Waals surface area contributed by atoms with Crippen LogP contribution in [0.4, 0.5) is 10.1 Å². The van der Waals surface area contributed by atoms with Crippen molar-refractivity contribution in [3.63, 3.8) is 0 Å². The molecule has 0 aliphatic carbocycles. The van der Waals surface area contributed by atoms with Gasteiger partial charge in [-0.15, -0.1) is 0 Å². The Labute approximate surface area is 72.3 Å². The first kappa shape index (κ1) is 9.09. The SMILES string of the molecule is O=C=Nc1c(F)cccc1C(=O)O. The zero-order valence-electron chi connectivity index (χ0n) is 6.32. The summed E-state index contributed by atoms with van der Waals surface area (Å²) in [6, 6.07) is 3.40. The number of carboxylic acid groups (broad SMARTS) is 1. The highest BCUT2D eigenvalue weighted by atomic mass is 19.1. The Bertz CT molecular complexity index is 396. The van der Waals surface area contributed by atoms with Gasteiger partial charge in [0.2, 0.25) is 6.08 Å². The lowest BCUT2D eigenvalue weighted by atomic mass is 10.2. The summed E-state index contributed by atoms with van der Waals surface area (Å²) in [6.07, 6.45) is 1.09. The summed E-state index contributed by atoms with van der Waals surface area (Å²) in [6.45, 7) is 0. The highest BCUT2D eigenvalue weighted by molar-refractivity contribution is 5.93. The predicted molar refractivity (Wildman–Crippen MR) is 41.1 cm³/mol. The van der Waals surface area contributed by atoms with Crippen LogP contribution in [-0.2, 0) is 4.79 Å². The van der Waals surface area contributed by atoms with Crippen LogP contribution in [-0.4, -0.2) is 17.2 Å². The molecule has 0 aliphatic rings. The fourth-order valence-corrected chi connectivity index (χ4v) is 0.847. The molecule has 0 aromatic heterocycles. The molecule has 1 aromatic rings. The maximum Gasteiger partial charge on any atom is 0.338 e. The van der Waals surface area contributed by atoms with Crippen molar-refractivity contribution in [2.45, 2.75) is 0 Å². The number of halogens is 1. The molecule has 1 rings (SSSR count). The lowest BCUT2D eigenvalue weighted by Crippen LogP contribution is -1.97. The first-order valence-corrected chi connectivity index (χ1v) is 3.26. The molecule has 0 unspecified atom stereocenters. The molecule has 0 saturated carbocycles. The van der Waals surface area contributed by atoms with E-state index in [0.29, 0.717) is 0 Å². The summed E-state index contributed by atoms with van der Waals surface area (Å²) < 4.78 is 12.9. The normalized spacial score (nSPS) is 9.00. The number of hydrogen-bond acceptors (Lipinski definition) is 3. The van der Waals surface area contributed by atoms with E-state index in [0.717, 1.165) is 18.2 Å². The number of nitrogens with zero attached hydrogens (tertiary/aromatic N) is 1. The van der Waals surface area contributed by atoms with Gasteiger partial charge < -0.3 is 5.11 Å². The summed E-state index contributed by atoms with van der Waals surface area (Å²) in [5, 5.41) is 8.56. The fourth-order valence-electron chi connectivity index (χ4n) is 0.847. The Balaban J connectivity index is 3.42. The number of hydrogen-bond donors (Lipinski definition) is 1. The van der Waals surface area contributed by atoms with E-state index < -0.39 is 17.5 Å². The number of carbonyl (C=O) groups is 1. The molecule has 0 amide bonds. The molecule has 0 bridgehead atoms. The molecule has 13 heavy (non-hydrogen) atoms. The molecule has 0 fully saturated rings. The molecule has 0 spiro atoms. The minimum atomic E-state index is -1.34. The van der Waals surface area contributed by atoms with E-state index in [1.165, 1.54) is 6.07 Å². The third-order valence-corrected chi connectivity index (χ3v) is 1.37. The van der Waals surface area contributed by atoms with E-state index in [4.69, 9.17) is 5.11 Å². The zero-order chi connectivity index (χ0) is 9.84. The van der Waals surface area contributed by atoms with Crippen molar-refractivity contribution >= 4 is 17.7 Å². The molecule has 1 N–H and O–H groups in total. The molecular formula is C8H4FNO3. The Morgan fingerprint density at radius 1 is 1.54 bits per heavy atom. The summed E-state index contributed by atoms with van der Waals surface area (Å²) >= 11 is 0. The number of aliphatic imine (C=N–C) groups is 1. The van der Waals surface area contributed by atoms with Crippen molar-refractivity contribution in [3.05, 3.63) is 29.6 Å². The van der Waals surface area contributed by atoms with Crippen LogP contribution < -0.4 is 0 Å². The van der Waals surface area contributed by atoms with E-state index >= 15 is 0 Å². The van der Waals surface area contributed by atoms with Crippen LogP contribution in [0.1, 0.15) is 10.4 Å². The van der Waals surface area contributed by atoms with Gasteiger partial charge in [-0.25, -0.2) is 14.0 Å². The predicted octanol–water partition coefficient (Wildman–Crippen LogP) is 1.49. The fraction of sp³-hybridized carbons (Fsp3) is 0. The third kappa shape index (κ3) is 1.77. The Morgan fingerprint density at radius 2 is 2.23 bits per heavy atom. The van der Waals surface area contributed by atoms with Gasteiger partial charge in [0.25, 0.3) is 0 Å². The average Bonchev–Trinajstić information content (AvgIpc) is 2.08. The monoisotopic (exact) mass is 181 g/mol. The molecule has 66 valence electrons. The quantitative estimate of drug-likeness (QED) is 0.555. The Morgan fingerprint density at radius 3 is 2.77 bits per heavy atom. The lowest BCUT2D eigenvalue weighted by Gasteiger charge is -1.98. The smallest absolute Gasteiger partial charge is 0.338 e. The molecule has 0 aliphatic heterocycles. The van der Waals surface area contributed by atoms with Gasteiger partial charge in [0.05, 0.1) is 5.56 Å². The second-order valence-corrected chi connectivity index (χ2v) is 2.14. The first-order chi connectivity index (χ1) is 6.16. The number of aromatic carboxylic acids is 1. The van der Waals surface area contributed by atoms with Gasteiger partial charge >= 0.3 is 5.97 Å². The van der Waals surface area contributed by atoms with Crippen LogP contribution in [0.15, 0.2) is 23.2 Å². The Hall–Kier alpha value is -2.00. The van der Waals surface area contributed by atoms with Crippen molar-refractivity contribution in [2.24, 2.45) is 4.99 Å². The number of para-hydroxylation sites is 1. The molecule has 0 heterocycles. The molecule has 0 atom stereocenters. The maximum atomic E-state index is 12.9. The van der Waals surface area contributed by atoms with Crippen molar-refractivity contribution in [2.75, 3.05) is 0 Å². The average molecular weight is 181 g/mol. The minimum Gasteiger partial charge on any atom is -0.478 e. The standard InChI is InChI=1S/C8H4FNO3/c9-6-3-1-2-5(8(12)13)7(6)10-4-11/h1-3H,(H,12,13). The van der Waals surface area contributed by atoms with E-state index in [2.05, 4.69) is 4.99 Å². The molecule has 0 saturated heterocycles. The van der Waals surface area contributed by atoms with Gasteiger partial charge in [-0.1, -0.05) is 6.07 Å². The molecular weight excluding hydrogens is 177 g/mol. The summed E-state index contributed by atoms with van der Waals surface area (Å²) in [5.74, 6) is -2.20. The van der Waals surface area contributed by atoms with Gasteiger partial charge in [0.1, 0.15) is 5.69 Å². The number of isocyanates is 1. The van der Waals surface area contributed by atoms with Crippen LogP contribution in [0.3, 0.4) is 0 Å². The van der Waals surface area contributed by atoms with Crippen LogP contribution in [0.25, 0.3) is 0 Å². The second-order valence-electron chi connectivity index (χ2n) is 2.14. The first-order valence-electron chi connectivity index (χ1n) is 3.26. The number of carbonyl (C=O) groups excluding carboxylic acids is 1. The van der Waals surface area contributed by atoms with E-state index in [-0.39, 0.29) is 5.56 Å². The van der Waals surface area contributed by atoms with Gasteiger partial charge in [0, 0.05) is 0 Å². The highest BCUT2D eigenvalue weighted by Crippen LogP contribution is 2.22. The van der Waals surface area contributed by atoms with Crippen LogP contribution in [0, 0.1) is 5.82 Å². The Kier molecular flexibility index (Phi) is 2.52. The number of rotatable bonds is 2. The summed E-state index contributed by atoms with van der Waals surface area (Å²) in [5.41, 5.74) is -0.853.